The maximum absolute atomic E-state index is 12.8. The second kappa shape index (κ2) is 9.84. The highest BCUT2D eigenvalue weighted by molar-refractivity contribution is 5.78. The lowest BCUT2D eigenvalue weighted by Gasteiger charge is -2.38. The van der Waals surface area contributed by atoms with Gasteiger partial charge in [-0.3, -0.25) is 14.6 Å². The van der Waals surface area contributed by atoms with Crippen molar-refractivity contribution in [2.75, 3.05) is 45.9 Å². The molecule has 1 fully saturated rings. The van der Waals surface area contributed by atoms with Crippen LogP contribution in [0.15, 0.2) is 42.5 Å². The smallest absolute Gasteiger partial charge is 0.236 e. The molecule has 5 heteroatoms. The van der Waals surface area contributed by atoms with Gasteiger partial charge in [-0.05, 0) is 49.9 Å². The van der Waals surface area contributed by atoms with Gasteiger partial charge in [-0.1, -0.05) is 36.4 Å². The SMILES string of the molecule is CCOc1ccccc1-c1ccc2c(c1)CCN(CC(=O)N1CCN(C(C)C)CC1)C2. The van der Waals surface area contributed by atoms with Crippen LogP contribution in [0.3, 0.4) is 0 Å². The normalized spacial score (nSPS) is 17.6. The number of carbonyl (C=O) groups excluding carboxylic acids is 1. The molecule has 0 unspecified atom stereocenters. The molecule has 5 nitrogen and oxygen atoms in total. The zero-order valence-corrected chi connectivity index (χ0v) is 19.1. The molecule has 166 valence electrons. The summed E-state index contributed by atoms with van der Waals surface area (Å²) in [5.74, 6) is 1.21. The quantitative estimate of drug-likeness (QED) is 0.713. The average molecular weight is 422 g/mol. The fraction of sp³-hybridized carbons (Fsp3) is 0.500. The predicted molar refractivity (Wildman–Crippen MR) is 125 cm³/mol. The van der Waals surface area contributed by atoms with Gasteiger partial charge in [0, 0.05) is 50.9 Å². The summed E-state index contributed by atoms with van der Waals surface area (Å²) in [6.45, 7) is 13.1. The van der Waals surface area contributed by atoms with E-state index in [2.05, 4.69) is 54.0 Å². The molecule has 1 amide bonds. The number of hydrogen-bond donors (Lipinski definition) is 0. The molecule has 0 radical (unpaired) electrons. The third-order valence-electron chi connectivity index (χ3n) is 6.55. The molecule has 1 saturated heterocycles. The molecule has 0 atom stereocenters. The van der Waals surface area contributed by atoms with Crippen molar-refractivity contribution < 1.29 is 9.53 Å². The van der Waals surface area contributed by atoms with Gasteiger partial charge < -0.3 is 9.64 Å². The van der Waals surface area contributed by atoms with Crippen molar-refractivity contribution in [2.24, 2.45) is 0 Å². The van der Waals surface area contributed by atoms with Crippen LogP contribution >= 0.6 is 0 Å². The molecule has 0 N–H and O–H groups in total. The van der Waals surface area contributed by atoms with E-state index in [1.54, 1.807) is 0 Å². The number of carbonyl (C=O) groups is 1. The Bertz CT molecular complexity index is 903. The fourth-order valence-electron chi connectivity index (χ4n) is 4.68. The third-order valence-corrected chi connectivity index (χ3v) is 6.55. The molecule has 2 aromatic carbocycles. The maximum atomic E-state index is 12.8. The highest BCUT2D eigenvalue weighted by Gasteiger charge is 2.25. The lowest BCUT2D eigenvalue weighted by atomic mass is 9.94. The van der Waals surface area contributed by atoms with Gasteiger partial charge in [0.1, 0.15) is 5.75 Å². The first kappa shape index (κ1) is 21.8. The first-order valence-electron chi connectivity index (χ1n) is 11.6. The molecule has 0 saturated carbocycles. The predicted octanol–water partition coefficient (Wildman–Crippen LogP) is 3.66. The lowest BCUT2D eigenvalue weighted by molar-refractivity contribution is -0.134. The van der Waals surface area contributed by atoms with Gasteiger partial charge in [0.2, 0.25) is 5.91 Å². The Morgan fingerprint density at radius 1 is 1.00 bits per heavy atom. The number of fused-ring (bicyclic) bond motifs is 1. The van der Waals surface area contributed by atoms with Crippen molar-refractivity contribution in [2.45, 2.75) is 39.8 Å². The molecule has 0 aliphatic carbocycles. The number of benzene rings is 2. The molecule has 0 spiro atoms. The van der Waals surface area contributed by atoms with Gasteiger partial charge in [0.25, 0.3) is 0 Å². The summed E-state index contributed by atoms with van der Waals surface area (Å²) in [6, 6.07) is 15.5. The summed E-state index contributed by atoms with van der Waals surface area (Å²) in [4.78, 5) is 19.6. The van der Waals surface area contributed by atoms with E-state index < -0.39 is 0 Å². The summed E-state index contributed by atoms with van der Waals surface area (Å²) in [6.07, 6.45) is 0.981. The van der Waals surface area contributed by atoms with Gasteiger partial charge in [0.15, 0.2) is 0 Å². The first-order valence-corrected chi connectivity index (χ1v) is 11.6. The van der Waals surface area contributed by atoms with E-state index in [9.17, 15) is 4.79 Å². The molecule has 2 aliphatic rings. The Morgan fingerprint density at radius 2 is 1.77 bits per heavy atom. The third kappa shape index (κ3) is 5.10. The fourth-order valence-corrected chi connectivity index (χ4v) is 4.68. The van der Waals surface area contributed by atoms with Crippen molar-refractivity contribution in [1.29, 1.82) is 0 Å². The van der Waals surface area contributed by atoms with Crippen LogP contribution in [-0.2, 0) is 17.8 Å². The molecule has 0 aromatic heterocycles. The molecule has 2 aliphatic heterocycles. The van der Waals surface area contributed by atoms with Crippen LogP contribution in [0.5, 0.6) is 5.75 Å². The minimum Gasteiger partial charge on any atom is -0.493 e. The monoisotopic (exact) mass is 421 g/mol. The van der Waals surface area contributed by atoms with E-state index in [0.29, 0.717) is 19.2 Å². The van der Waals surface area contributed by atoms with E-state index in [1.165, 1.54) is 16.7 Å². The molecule has 0 bridgehead atoms. The minimum atomic E-state index is 0.272. The van der Waals surface area contributed by atoms with Crippen molar-refractivity contribution in [1.82, 2.24) is 14.7 Å². The number of para-hydroxylation sites is 1. The summed E-state index contributed by atoms with van der Waals surface area (Å²) in [5, 5.41) is 0. The standard InChI is InChI=1S/C26H35N3O2/c1-4-31-25-8-6-5-7-24(25)22-9-10-23-18-27(12-11-21(23)17-22)19-26(30)29-15-13-28(14-16-29)20(2)3/h5-10,17,20H,4,11-16,18-19H2,1-3H3. The second-order valence-electron chi connectivity index (χ2n) is 8.88. The Labute approximate surface area is 186 Å². The average Bonchev–Trinajstić information content (AvgIpc) is 2.79. The summed E-state index contributed by atoms with van der Waals surface area (Å²) in [7, 11) is 0. The van der Waals surface area contributed by atoms with Crippen LogP contribution < -0.4 is 4.74 Å². The van der Waals surface area contributed by atoms with Gasteiger partial charge in [0.05, 0.1) is 13.2 Å². The number of amides is 1. The Hall–Kier alpha value is -2.37. The van der Waals surface area contributed by atoms with E-state index >= 15 is 0 Å². The lowest BCUT2D eigenvalue weighted by Crippen LogP contribution is -2.53. The largest absolute Gasteiger partial charge is 0.493 e. The maximum Gasteiger partial charge on any atom is 0.236 e. The van der Waals surface area contributed by atoms with Gasteiger partial charge >= 0.3 is 0 Å². The van der Waals surface area contributed by atoms with Gasteiger partial charge in [-0.15, -0.1) is 0 Å². The van der Waals surface area contributed by atoms with Gasteiger partial charge in [-0.25, -0.2) is 0 Å². The number of piperazine rings is 1. The molecule has 2 aromatic rings. The highest BCUT2D eigenvalue weighted by Crippen LogP contribution is 2.32. The van der Waals surface area contributed by atoms with Crippen LogP contribution in [0.4, 0.5) is 0 Å². The van der Waals surface area contributed by atoms with Crippen molar-refractivity contribution >= 4 is 5.91 Å². The number of rotatable bonds is 6. The summed E-state index contributed by atoms with van der Waals surface area (Å²) < 4.78 is 5.82. The minimum absolute atomic E-state index is 0.272. The summed E-state index contributed by atoms with van der Waals surface area (Å²) >= 11 is 0. The molecule has 4 rings (SSSR count). The van der Waals surface area contributed by atoms with Crippen LogP contribution in [0.25, 0.3) is 11.1 Å². The van der Waals surface area contributed by atoms with Crippen molar-refractivity contribution in [3.05, 3.63) is 53.6 Å². The van der Waals surface area contributed by atoms with Crippen molar-refractivity contribution in [3.63, 3.8) is 0 Å². The zero-order valence-electron chi connectivity index (χ0n) is 19.1. The molecular formula is C26H35N3O2. The van der Waals surface area contributed by atoms with Crippen LogP contribution in [0.2, 0.25) is 0 Å². The van der Waals surface area contributed by atoms with Gasteiger partial charge in [-0.2, -0.15) is 0 Å². The van der Waals surface area contributed by atoms with Crippen LogP contribution in [0.1, 0.15) is 31.9 Å². The number of hydrogen-bond acceptors (Lipinski definition) is 4. The van der Waals surface area contributed by atoms with Crippen LogP contribution in [-0.4, -0.2) is 72.5 Å². The number of nitrogens with zero attached hydrogens (tertiary/aromatic N) is 3. The summed E-state index contributed by atoms with van der Waals surface area (Å²) in [5.41, 5.74) is 5.07. The molecule has 31 heavy (non-hydrogen) atoms. The number of ether oxygens (including phenoxy) is 1. The van der Waals surface area contributed by atoms with E-state index in [1.807, 2.05) is 24.0 Å². The topological polar surface area (TPSA) is 36.0 Å². The Balaban J connectivity index is 1.38. The Morgan fingerprint density at radius 3 is 2.52 bits per heavy atom. The van der Waals surface area contributed by atoms with E-state index in [0.717, 1.165) is 57.0 Å². The van der Waals surface area contributed by atoms with E-state index in [-0.39, 0.29) is 5.91 Å². The second-order valence-corrected chi connectivity index (χ2v) is 8.88. The van der Waals surface area contributed by atoms with Crippen LogP contribution in [0, 0.1) is 0 Å². The first-order chi connectivity index (χ1) is 15.0. The zero-order chi connectivity index (χ0) is 21.8. The van der Waals surface area contributed by atoms with E-state index in [4.69, 9.17) is 4.74 Å². The molecule has 2 heterocycles. The highest BCUT2D eigenvalue weighted by atomic mass is 16.5. The molecular weight excluding hydrogens is 386 g/mol. The van der Waals surface area contributed by atoms with Crippen molar-refractivity contribution in [3.8, 4) is 16.9 Å². The Kier molecular flexibility index (Phi) is 6.93.